The number of barbiturate groups is 1. The smallest absolute Gasteiger partial charge is 0.268 e. The Morgan fingerprint density at radius 3 is 1.68 bits per heavy atom. The molecule has 1 fully saturated rings. The number of rotatable bonds is 5. The van der Waals surface area contributed by atoms with Crippen LogP contribution < -0.4 is 15.2 Å². The lowest BCUT2D eigenvalue weighted by Gasteiger charge is -2.33. The highest BCUT2D eigenvalue weighted by atomic mass is 16.2. The summed E-state index contributed by atoms with van der Waals surface area (Å²) in [5, 5.41) is 0. The fourth-order valence-corrected chi connectivity index (χ4v) is 4.36. The van der Waals surface area contributed by atoms with Crippen LogP contribution in [-0.4, -0.2) is 28.4 Å². The molecule has 0 unspecified atom stereocenters. The van der Waals surface area contributed by atoms with Gasteiger partial charge in [0.05, 0.1) is 11.4 Å². The van der Waals surface area contributed by atoms with Crippen molar-refractivity contribution in [3.8, 4) is 0 Å². The second kappa shape index (κ2) is 10.0. The summed E-state index contributed by atoms with van der Waals surface area (Å²) in [6, 6.07) is 26.8. The van der Waals surface area contributed by atoms with Crippen molar-refractivity contribution >= 4 is 41.2 Å². The minimum Gasteiger partial charge on any atom is -0.268 e. The number of para-hydroxylation sites is 2. The first-order valence-electron chi connectivity index (χ1n) is 12.0. The molecule has 0 bridgehead atoms. The summed E-state index contributed by atoms with van der Waals surface area (Å²) in [7, 11) is 0. The number of aryl methyl sites for hydroxylation is 1. The fraction of sp³-hybridized carbons (Fsp3) is 0.0667. The van der Waals surface area contributed by atoms with Crippen LogP contribution in [0.2, 0.25) is 0 Å². The van der Waals surface area contributed by atoms with Crippen LogP contribution >= 0.6 is 0 Å². The quantitative estimate of drug-likeness (QED) is 0.303. The van der Waals surface area contributed by atoms with E-state index < -0.39 is 17.8 Å². The first-order valence-corrected chi connectivity index (χ1v) is 12.0. The maximum atomic E-state index is 13.6. The van der Waals surface area contributed by atoms with Gasteiger partial charge >= 0.3 is 6.03 Å². The van der Waals surface area contributed by atoms with Gasteiger partial charge in [0, 0.05) is 17.0 Å². The Morgan fingerprint density at radius 2 is 1.18 bits per heavy atom. The summed E-state index contributed by atoms with van der Waals surface area (Å²) in [6.07, 6.45) is 1.47. The highest BCUT2D eigenvalue weighted by Crippen LogP contribution is 2.30. The first kappa shape index (κ1) is 24.5. The lowest BCUT2D eigenvalue weighted by atomic mass is 10.0. The number of carbonyl (C=O) groups is 4. The molecule has 0 aliphatic carbocycles. The number of urea groups is 1. The molecule has 0 saturated carbocycles. The van der Waals surface area contributed by atoms with E-state index in [2.05, 4.69) is 5.43 Å². The molecule has 1 aliphatic rings. The summed E-state index contributed by atoms with van der Waals surface area (Å²) in [6.45, 7) is 3.58. The minimum atomic E-state index is -0.754. The molecule has 5 rings (SSSR count). The van der Waals surface area contributed by atoms with Gasteiger partial charge in [-0.2, -0.15) is 0 Å². The standard InChI is InChI=1S/C30H24N4O4/c1-20-18-23(21(2)34(20)31-27(35)22-12-6-3-7-13-22)19-26-28(36)32(24-14-8-4-9-15-24)30(38)33(29(26)37)25-16-10-5-11-17-25/h3-19H,1-2H3,(H,31,35). The number of anilines is 2. The normalized spacial score (nSPS) is 13.6. The average molecular weight is 505 g/mol. The van der Waals surface area contributed by atoms with Crippen molar-refractivity contribution in [1.29, 1.82) is 0 Å². The van der Waals surface area contributed by atoms with Gasteiger partial charge in [0.25, 0.3) is 17.7 Å². The fourth-order valence-electron chi connectivity index (χ4n) is 4.36. The summed E-state index contributed by atoms with van der Waals surface area (Å²) in [5.74, 6) is -1.75. The van der Waals surface area contributed by atoms with Gasteiger partial charge in [-0.1, -0.05) is 54.6 Å². The second-order valence-electron chi connectivity index (χ2n) is 8.76. The molecule has 2 heterocycles. The molecular formula is C30H24N4O4. The van der Waals surface area contributed by atoms with Crippen LogP contribution in [0.4, 0.5) is 16.2 Å². The third-order valence-electron chi connectivity index (χ3n) is 6.30. The Balaban J connectivity index is 1.57. The van der Waals surface area contributed by atoms with Crippen molar-refractivity contribution in [3.05, 3.63) is 125 Å². The molecule has 188 valence electrons. The minimum absolute atomic E-state index is 0.174. The zero-order valence-corrected chi connectivity index (χ0v) is 20.8. The van der Waals surface area contributed by atoms with Crippen molar-refractivity contribution in [2.75, 3.05) is 15.2 Å². The highest BCUT2D eigenvalue weighted by molar-refractivity contribution is 6.46. The van der Waals surface area contributed by atoms with Gasteiger partial charge in [0.15, 0.2) is 0 Å². The molecule has 1 aromatic heterocycles. The summed E-state index contributed by atoms with van der Waals surface area (Å²) >= 11 is 0. The molecule has 4 aromatic rings. The van der Waals surface area contributed by atoms with Crippen molar-refractivity contribution in [2.45, 2.75) is 13.8 Å². The number of aromatic nitrogens is 1. The predicted octanol–water partition coefficient (Wildman–Crippen LogP) is 5.07. The monoisotopic (exact) mass is 504 g/mol. The zero-order valence-electron chi connectivity index (χ0n) is 20.8. The maximum Gasteiger partial charge on any atom is 0.343 e. The van der Waals surface area contributed by atoms with Crippen LogP contribution in [0.3, 0.4) is 0 Å². The van der Waals surface area contributed by atoms with Crippen molar-refractivity contribution in [2.24, 2.45) is 0 Å². The molecule has 3 aromatic carbocycles. The number of imide groups is 2. The van der Waals surface area contributed by atoms with Crippen LogP contribution in [0, 0.1) is 13.8 Å². The van der Waals surface area contributed by atoms with Crippen LogP contribution in [-0.2, 0) is 9.59 Å². The van der Waals surface area contributed by atoms with E-state index in [1.54, 1.807) is 110 Å². The molecule has 8 heteroatoms. The molecule has 0 spiro atoms. The number of amides is 5. The lowest BCUT2D eigenvalue weighted by Crippen LogP contribution is -2.57. The van der Waals surface area contributed by atoms with Crippen molar-refractivity contribution in [1.82, 2.24) is 4.68 Å². The SMILES string of the molecule is Cc1cc(C=C2C(=O)N(c3ccccc3)C(=O)N(c3ccccc3)C2=O)c(C)n1NC(=O)c1ccccc1. The van der Waals surface area contributed by atoms with E-state index in [-0.39, 0.29) is 11.5 Å². The van der Waals surface area contributed by atoms with E-state index in [1.807, 2.05) is 6.07 Å². The van der Waals surface area contributed by atoms with E-state index in [0.29, 0.717) is 33.9 Å². The number of hydrogen-bond acceptors (Lipinski definition) is 4. The van der Waals surface area contributed by atoms with Gasteiger partial charge in [0.1, 0.15) is 5.57 Å². The first-order chi connectivity index (χ1) is 18.4. The molecule has 1 saturated heterocycles. The second-order valence-corrected chi connectivity index (χ2v) is 8.76. The Morgan fingerprint density at radius 1 is 0.711 bits per heavy atom. The Kier molecular flexibility index (Phi) is 6.45. The van der Waals surface area contributed by atoms with Crippen molar-refractivity contribution in [3.63, 3.8) is 0 Å². The van der Waals surface area contributed by atoms with Gasteiger partial charge in [-0.05, 0) is 68.0 Å². The van der Waals surface area contributed by atoms with Crippen LogP contribution in [0.5, 0.6) is 0 Å². The molecule has 1 N–H and O–H groups in total. The molecule has 0 radical (unpaired) electrons. The molecular weight excluding hydrogens is 480 g/mol. The third-order valence-corrected chi connectivity index (χ3v) is 6.30. The zero-order chi connectivity index (χ0) is 26.8. The van der Waals surface area contributed by atoms with Crippen LogP contribution in [0.25, 0.3) is 6.08 Å². The Labute approximate surface area is 219 Å². The van der Waals surface area contributed by atoms with E-state index in [1.165, 1.54) is 6.08 Å². The largest absolute Gasteiger partial charge is 0.343 e. The van der Waals surface area contributed by atoms with E-state index in [0.717, 1.165) is 9.80 Å². The highest BCUT2D eigenvalue weighted by Gasteiger charge is 2.43. The van der Waals surface area contributed by atoms with E-state index in [9.17, 15) is 19.2 Å². The van der Waals surface area contributed by atoms with Gasteiger partial charge in [-0.3, -0.25) is 24.5 Å². The number of benzene rings is 3. The predicted molar refractivity (Wildman–Crippen MR) is 145 cm³/mol. The number of hydrogen-bond donors (Lipinski definition) is 1. The van der Waals surface area contributed by atoms with E-state index in [4.69, 9.17) is 0 Å². The number of carbonyl (C=O) groups excluding carboxylic acids is 4. The number of nitrogens with one attached hydrogen (secondary N) is 1. The molecule has 0 atom stereocenters. The molecule has 8 nitrogen and oxygen atoms in total. The van der Waals surface area contributed by atoms with E-state index >= 15 is 0 Å². The summed E-state index contributed by atoms with van der Waals surface area (Å²) in [4.78, 5) is 55.4. The molecule has 5 amide bonds. The van der Waals surface area contributed by atoms with Gasteiger partial charge < -0.3 is 0 Å². The average Bonchev–Trinajstić information content (AvgIpc) is 3.20. The topological polar surface area (TPSA) is 91.7 Å². The van der Waals surface area contributed by atoms with Gasteiger partial charge in [-0.25, -0.2) is 14.6 Å². The maximum absolute atomic E-state index is 13.6. The Hall–Kier alpha value is -5.24. The molecule has 38 heavy (non-hydrogen) atoms. The van der Waals surface area contributed by atoms with Crippen LogP contribution in [0.1, 0.15) is 27.3 Å². The van der Waals surface area contributed by atoms with Crippen LogP contribution in [0.15, 0.2) is 103 Å². The number of nitrogens with zero attached hydrogens (tertiary/aromatic N) is 3. The third kappa shape index (κ3) is 4.39. The van der Waals surface area contributed by atoms with Gasteiger partial charge in [-0.15, -0.1) is 0 Å². The summed E-state index contributed by atoms with van der Waals surface area (Å²) < 4.78 is 1.61. The molecule has 1 aliphatic heterocycles. The summed E-state index contributed by atoms with van der Waals surface area (Å²) in [5.41, 5.74) is 5.75. The Bertz CT molecular complexity index is 1510. The van der Waals surface area contributed by atoms with Gasteiger partial charge in [0.2, 0.25) is 0 Å². The lowest BCUT2D eigenvalue weighted by molar-refractivity contribution is -0.121. The van der Waals surface area contributed by atoms with Crippen molar-refractivity contribution < 1.29 is 19.2 Å².